The van der Waals surface area contributed by atoms with Crippen molar-refractivity contribution in [3.05, 3.63) is 46.7 Å². The Balaban J connectivity index is 2.48. The predicted octanol–water partition coefficient (Wildman–Crippen LogP) is 2.39. The van der Waals surface area contributed by atoms with Crippen LogP contribution in [0.3, 0.4) is 0 Å². The summed E-state index contributed by atoms with van der Waals surface area (Å²) in [5.74, 6) is -0.469. The molecule has 2 aromatic rings. The number of hydrogen-bond donors (Lipinski definition) is 0. The van der Waals surface area contributed by atoms with Crippen LogP contribution in [0.1, 0.15) is 0 Å². The maximum Gasteiger partial charge on any atom is 0.272 e. The van der Waals surface area contributed by atoms with Crippen LogP contribution in [0.25, 0.3) is 11.3 Å². The predicted molar refractivity (Wildman–Crippen MR) is 48.6 cm³/mol. The molecule has 1 aromatic heterocycles. The Labute approximate surface area is 83.3 Å². The SMILES string of the molecule is O=[N+]([O-])c1ccc(-c2cnco2)c(F)c1. The molecule has 0 spiro atoms. The van der Waals surface area contributed by atoms with E-state index in [1.807, 2.05) is 0 Å². The molecule has 0 atom stereocenters. The molecule has 0 unspecified atom stereocenters. The summed E-state index contributed by atoms with van der Waals surface area (Å²) in [5.41, 5.74) is -0.145. The van der Waals surface area contributed by atoms with Gasteiger partial charge in [0.15, 0.2) is 12.2 Å². The third-order valence-electron chi connectivity index (χ3n) is 1.86. The number of oxazole rings is 1. The lowest BCUT2D eigenvalue weighted by molar-refractivity contribution is -0.385. The smallest absolute Gasteiger partial charge is 0.272 e. The van der Waals surface area contributed by atoms with E-state index in [1.54, 1.807) is 0 Å². The van der Waals surface area contributed by atoms with E-state index >= 15 is 0 Å². The van der Waals surface area contributed by atoms with Gasteiger partial charge in [0.1, 0.15) is 5.82 Å². The lowest BCUT2D eigenvalue weighted by Crippen LogP contribution is -1.90. The number of hydrogen-bond acceptors (Lipinski definition) is 4. The van der Waals surface area contributed by atoms with Crippen LogP contribution < -0.4 is 0 Å². The molecular weight excluding hydrogens is 203 g/mol. The second-order valence-corrected chi connectivity index (χ2v) is 2.79. The normalized spacial score (nSPS) is 10.2. The molecule has 0 radical (unpaired) electrons. The van der Waals surface area contributed by atoms with Crippen molar-refractivity contribution < 1.29 is 13.7 Å². The van der Waals surface area contributed by atoms with Crippen LogP contribution in [0, 0.1) is 15.9 Å². The van der Waals surface area contributed by atoms with Gasteiger partial charge in [-0.25, -0.2) is 9.37 Å². The van der Waals surface area contributed by atoms with E-state index in [9.17, 15) is 14.5 Å². The van der Waals surface area contributed by atoms with E-state index in [2.05, 4.69) is 4.98 Å². The first-order valence-corrected chi connectivity index (χ1v) is 4.01. The topological polar surface area (TPSA) is 69.2 Å². The minimum atomic E-state index is -0.707. The van der Waals surface area contributed by atoms with Crippen LogP contribution in [0.15, 0.2) is 35.2 Å². The van der Waals surface area contributed by atoms with Crippen molar-refractivity contribution >= 4 is 5.69 Å². The average molecular weight is 208 g/mol. The molecule has 0 saturated carbocycles. The number of nitrogens with zero attached hydrogens (tertiary/aromatic N) is 2. The van der Waals surface area contributed by atoms with Crippen molar-refractivity contribution in [2.24, 2.45) is 0 Å². The lowest BCUT2D eigenvalue weighted by Gasteiger charge is -1.97. The van der Waals surface area contributed by atoms with Gasteiger partial charge in [-0.3, -0.25) is 10.1 Å². The zero-order chi connectivity index (χ0) is 10.8. The van der Waals surface area contributed by atoms with Gasteiger partial charge in [-0.05, 0) is 6.07 Å². The average Bonchev–Trinajstić information content (AvgIpc) is 2.70. The van der Waals surface area contributed by atoms with Gasteiger partial charge in [-0.1, -0.05) is 0 Å². The molecule has 0 aliphatic heterocycles. The summed E-state index contributed by atoms with van der Waals surface area (Å²) < 4.78 is 18.3. The highest BCUT2D eigenvalue weighted by molar-refractivity contribution is 5.59. The summed E-state index contributed by atoms with van der Waals surface area (Å²) in [4.78, 5) is 13.3. The van der Waals surface area contributed by atoms with E-state index < -0.39 is 10.7 Å². The van der Waals surface area contributed by atoms with Crippen LogP contribution in [0.2, 0.25) is 0 Å². The molecule has 0 aliphatic rings. The fourth-order valence-electron chi connectivity index (χ4n) is 1.17. The number of nitro benzene ring substituents is 1. The summed E-state index contributed by atoms with van der Waals surface area (Å²) in [6, 6.07) is 3.34. The van der Waals surface area contributed by atoms with Gasteiger partial charge in [-0.15, -0.1) is 0 Å². The van der Waals surface area contributed by atoms with Crippen molar-refractivity contribution in [1.29, 1.82) is 0 Å². The highest BCUT2D eigenvalue weighted by atomic mass is 19.1. The minimum Gasteiger partial charge on any atom is -0.443 e. The Kier molecular flexibility index (Phi) is 2.17. The van der Waals surface area contributed by atoms with Crippen molar-refractivity contribution in [2.75, 3.05) is 0 Å². The zero-order valence-corrected chi connectivity index (χ0v) is 7.38. The zero-order valence-electron chi connectivity index (χ0n) is 7.38. The highest BCUT2D eigenvalue weighted by Crippen LogP contribution is 2.25. The summed E-state index contributed by atoms with van der Waals surface area (Å²) >= 11 is 0. The van der Waals surface area contributed by atoms with Crippen molar-refractivity contribution in [1.82, 2.24) is 4.98 Å². The molecule has 1 heterocycles. The summed E-state index contributed by atoms with van der Waals surface area (Å²) in [6.07, 6.45) is 2.50. The van der Waals surface area contributed by atoms with E-state index in [1.165, 1.54) is 18.3 Å². The Morgan fingerprint density at radius 3 is 2.80 bits per heavy atom. The fourth-order valence-corrected chi connectivity index (χ4v) is 1.17. The van der Waals surface area contributed by atoms with Gasteiger partial charge in [0, 0.05) is 6.07 Å². The quantitative estimate of drug-likeness (QED) is 0.561. The first kappa shape index (κ1) is 9.32. The standard InChI is InChI=1S/C9H5FN2O3/c10-8-3-6(12(13)14)1-2-7(8)9-4-11-5-15-9/h1-5H. The highest BCUT2D eigenvalue weighted by Gasteiger charge is 2.13. The van der Waals surface area contributed by atoms with Gasteiger partial charge in [0.05, 0.1) is 22.7 Å². The first-order valence-electron chi connectivity index (χ1n) is 4.01. The molecule has 0 bridgehead atoms. The Hall–Kier alpha value is -2.24. The van der Waals surface area contributed by atoms with Gasteiger partial charge in [-0.2, -0.15) is 0 Å². The van der Waals surface area contributed by atoms with Crippen LogP contribution >= 0.6 is 0 Å². The van der Waals surface area contributed by atoms with Crippen LogP contribution in [-0.2, 0) is 0 Å². The van der Waals surface area contributed by atoms with E-state index in [0.29, 0.717) is 0 Å². The van der Waals surface area contributed by atoms with Gasteiger partial charge >= 0.3 is 0 Å². The molecule has 6 heteroatoms. The molecular formula is C9H5FN2O3. The van der Waals surface area contributed by atoms with Gasteiger partial charge in [0.25, 0.3) is 5.69 Å². The van der Waals surface area contributed by atoms with Crippen LogP contribution in [0.5, 0.6) is 0 Å². The number of halogens is 1. The molecule has 1 aromatic carbocycles. The molecule has 5 nitrogen and oxygen atoms in total. The van der Waals surface area contributed by atoms with Gasteiger partial charge in [0.2, 0.25) is 0 Å². The van der Waals surface area contributed by atoms with Crippen LogP contribution in [0.4, 0.5) is 10.1 Å². The van der Waals surface area contributed by atoms with E-state index in [4.69, 9.17) is 4.42 Å². The molecule has 0 saturated heterocycles. The second kappa shape index (κ2) is 3.49. The minimum absolute atomic E-state index is 0.151. The monoisotopic (exact) mass is 208 g/mol. The number of benzene rings is 1. The molecule has 0 fully saturated rings. The first-order chi connectivity index (χ1) is 7.18. The van der Waals surface area contributed by atoms with E-state index in [-0.39, 0.29) is 17.0 Å². The van der Waals surface area contributed by atoms with Crippen molar-refractivity contribution in [3.8, 4) is 11.3 Å². The number of non-ortho nitro benzene ring substituents is 1. The Morgan fingerprint density at radius 2 is 2.27 bits per heavy atom. The number of aromatic nitrogens is 1. The number of nitro groups is 1. The van der Waals surface area contributed by atoms with E-state index in [0.717, 1.165) is 12.5 Å². The maximum atomic E-state index is 13.4. The summed E-state index contributed by atoms with van der Waals surface area (Å²) in [7, 11) is 0. The Morgan fingerprint density at radius 1 is 1.47 bits per heavy atom. The Bertz CT molecular complexity index is 496. The molecule has 0 N–H and O–H groups in total. The molecule has 15 heavy (non-hydrogen) atoms. The molecule has 0 aliphatic carbocycles. The summed E-state index contributed by atoms with van der Waals surface area (Å²) in [6.45, 7) is 0. The molecule has 2 rings (SSSR count). The number of rotatable bonds is 2. The summed E-state index contributed by atoms with van der Waals surface area (Å²) in [5, 5.41) is 10.4. The fraction of sp³-hybridized carbons (Fsp3) is 0. The van der Waals surface area contributed by atoms with Crippen LogP contribution in [-0.4, -0.2) is 9.91 Å². The largest absolute Gasteiger partial charge is 0.443 e. The second-order valence-electron chi connectivity index (χ2n) is 2.79. The maximum absolute atomic E-state index is 13.4. The molecule has 0 amide bonds. The van der Waals surface area contributed by atoms with Gasteiger partial charge < -0.3 is 4.42 Å². The molecule has 76 valence electrons. The third kappa shape index (κ3) is 1.69. The van der Waals surface area contributed by atoms with Crippen molar-refractivity contribution in [2.45, 2.75) is 0 Å². The van der Waals surface area contributed by atoms with Crippen molar-refractivity contribution in [3.63, 3.8) is 0 Å². The third-order valence-corrected chi connectivity index (χ3v) is 1.86. The lowest BCUT2D eigenvalue weighted by atomic mass is 10.1.